The van der Waals surface area contributed by atoms with Crippen molar-refractivity contribution in [2.45, 2.75) is 20.8 Å². The van der Waals surface area contributed by atoms with Crippen LogP contribution >= 0.6 is 0 Å². The summed E-state index contributed by atoms with van der Waals surface area (Å²) in [7, 11) is 2.09. The molecule has 3 heterocycles. The van der Waals surface area contributed by atoms with Gasteiger partial charge in [0.05, 0.1) is 5.57 Å². The van der Waals surface area contributed by atoms with Crippen molar-refractivity contribution in [3.8, 4) is 0 Å². The van der Waals surface area contributed by atoms with E-state index in [1.807, 2.05) is 0 Å². The molecule has 122 valence electrons. The second kappa shape index (κ2) is 5.91. The molecule has 0 N–H and O–H groups in total. The Hall–Kier alpha value is -2.39. The van der Waals surface area contributed by atoms with Gasteiger partial charge in [-0.2, -0.15) is 4.24 Å². The van der Waals surface area contributed by atoms with E-state index in [0.29, 0.717) is 0 Å². The number of nitrogens with zero attached hydrogens (tertiary/aromatic N) is 3. The smallest absolute Gasteiger partial charge is 0.216 e. The number of aromatic nitrogens is 2. The Morgan fingerprint density at radius 1 is 0.958 bits per heavy atom. The van der Waals surface area contributed by atoms with Gasteiger partial charge in [0.25, 0.3) is 0 Å². The molecule has 0 amide bonds. The number of benzene rings is 1. The molecule has 0 unspecified atom stereocenters. The number of aryl methyl sites for hydroxylation is 2. The predicted molar refractivity (Wildman–Crippen MR) is 94.4 cm³/mol. The quantitative estimate of drug-likeness (QED) is 0.564. The second-order valence-corrected chi connectivity index (χ2v) is 6.15. The SMILES string of the molecule is CC1=c2cccc[n+]2=C(C)/C1=N\c1c(C)c2ccccc2n1C.[Cl-]. The maximum atomic E-state index is 5.06. The molecule has 1 aromatic carbocycles. The van der Waals surface area contributed by atoms with Crippen LogP contribution in [0, 0.1) is 12.6 Å². The van der Waals surface area contributed by atoms with E-state index in [9.17, 15) is 0 Å². The zero-order valence-corrected chi connectivity index (χ0v) is 15.1. The van der Waals surface area contributed by atoms with Crippen LogP contribution < -0.4 is 22.0 Å². The van der Waals surface area contributed by atoms with Gasteiger partial charge in [-0.1, -0.05) is 18.2 Å². The van der Waals surface area contributed by atoms with Crippen molar-refractivity contribution in [3.05, 3.63) is 65.3 Å². The number of para-hydroxylation sites is 1. The first-order valence-corrected chi connectivity index (χ1v) is 7.91. The van der Waals surface area contributed by atoms with Crippen LogP contribution in [0.25, 0.3) is 16.5 Å². The van der Waals surface area contributed by atoms with Gasteiger partial charge in [-0.05, 0) is 26.0 Å². The Morgan fingerprint density at radius 3 is 2.38 bits per heavy atom. The molecule has 4 rings (SSSR count). The molecule has 0 fully saturated rings. The Balaban J connectivity index is 0.00000169. The van der Waals surface area contributed by atoms with Crippen molar-refractivity contribution in [1.29, 1.82) is 0 Å². The van der Waals surface area contributed by atoms with Crippen LogP contribution in [-0.2, 0) is 7.05 Å². The lowest BCUT2D eigenvalue weighted by Gasteiger charge is -2.02. The first-order valence-electron chi connectivity index (χ1n) is 7.91. The summed E-state index contributed by atoms with van der Waals surface area (Å²) in [5.41, 5.74) is 5.95. The van der Waals surface area contributed by atoms with Gasteiger partial charge >= 0.3 is 0 Å². The number of aliphatic imine (C=N–C) groups is 1. The van der Waals surface area contributed by atoms with Crippen LogP contribution in [0.1, 0.15) is 19.4 Å². The van der Waals surface area contributed by atoms with E-state index in [1.54, 1.807) is 0 Å². The summed E-state index contributed by atoms with van der Waals surface area (Å²) >= 11 is 0. The average Bonchev–Trinajstić information content (AvgIpc) is 2.97. The van der Waals surface area contributed by atoms with Crippen LogP contribution in [0.5, 0.6) is 0 Å². The third kappa shape index (κ3) is 2.20. The van der Waals surface area contributed by atoms with E-state index in [1.165, 1.54) is 33.1 Å². The summed E-state index contributed by atoms with van der Waals surface area (Å²) in [6.45, 7) is 6.44. The van der Waals surface area contributed by atoms with Crippen molar-refractivity contribution in [2.24, 2.45) is 12.0 Å². The topological polar surface area (TPSA) is 23.2 Å². The van der Waals surface area contributed by atoms with Crippen LogP contribution in [0.3, 0.4) is 0 Å². The molecular weight excluding hydrogens is 318 g/mol. The highest BCUT2D eigenvalue weighted by Crippen LogP contribution is 2.31. The summed E-state index contributed by atoms with van der Waals surface area (Å²) in [6.07, 6.45) is 2.10. The molecule has 0 atom stereocenters. The van der Waals surface area contributed by atoms with Crippen molar-refractivity contribution in [2.75, 3.05) is 0 Å². The van der Waals surface area contributed by atoms with E-state index >= 15 is 0 Å². The van der Waals surface area contributed by atoms with Gasteiger partial charge in [-0.25, -0.2) is 4.99 Å². The highest BCUT2D eigenvalue weighted by Gasteiger charge is 2.24. The number of fused-ring (bicyclic) bond motifs is 2. The molecule has 24 heavy (non-hydrogen) atoms. The highest BCUT2D eigenvalue weighted by atomic mass is 35.5. The van der Waals surface area contributed by atoms with Gasteiger partial charge in [0.15, 0.2) is 6.20 Å². The van der Waals surface area contributed by atoms with Crippen molar-refractivity contribution in [3.63, 3.8) is 0 Å². The summed E-state index contributed by atoms with van der Waals surface area (Å²) in [5, 5.41) is 2.49. The van der Waals surface area contributed by atoms with E-state index in [2.05, 4.69) is 85.3 Å². The van der Waals surface area contributed by atoms with Gasteiger partial charge in [0.1, 0.15) is 11.5 Å². The average molecular weight is 338 g/mol. The maximum absolute atomic E-state index is 5.06. The second-order valence-electron chi connectivity index (χ2n) is 6.15. The zero-order chi connectivity index (χ0) is 16.1. The van der Waals surface area contributed by atoms with E-state index in [0.717, 1.165) is 11.5 Å². The normalized spacial score (nSPS) is 15.1. The fourth-order valence-electron chi connectivity index (χ4n) is 3.55. The standard InChI is InChI=1S/C20H20N3.ClH/c1-13-16-9-5-6-11-18(16)22(4)20(13)21-19-14(2)17-10-7-8-12-23(17)15(19)3;/h5-12H,1-4H3;1H/q+1;/p-1. The van der Waals surface area contributed by atoms with E-state index in [4.69, 9.17) is 4.99 Å². The minimum atomic E-state index is 0. The fourth-order valence-corrected chi connectivity index (χ4v) is 3.55. The molecule has 3 aromatic rings. The van der Waals surface area contributed by atoms with E-state index < -0.39 is 0 Å². The number of rotatable bonds is 1. The summed E-state index contributed by atoms with van der Waals surface area (Å²) in [5.74, 6) is 1.04. The monoisotopic (exact) mass is 337 g/mol. The third-order valence-electron chi connectivity index (χ3n) is 4.84. The molecule has 0 saturated heterocycles. The Bertz CT molecular complexity index is 1020. The summed E-state index contributed by atoms with van der Waals surface area (Å²) in [6, 6.07) is 14.8. The molecule has 0 spiro atoms. The highest BCUT2D eigenvalue weighted by molar-refractivity contribution is 6.24. The third-order valence-corrected chi connectivity index (χ3v) is 4.84. The molecular formula is C20H20ClN3. The lowest BCUT2D eigenvalue weighted by molar-refractivity contribution is -0.529. The number of halogens is 1. The molecule has 0 saturated carbocycles. The van der Waals surface area contributed by atoms with Gasteiger partial charge in [-0.15, -0.1) is 0 Å². The van der Waals surface area contributed by atoms with Gasteiger partial charge in [0.2, 0.25) is 11.1 Å². The minimum Gasteiger partial charge on any atom is -1.00 e. The van der Waals surface area contributed by atoms with Crippen LogP contribution in [0.4, 0.5) is 5.82 Å². The first-order chi connectivity index (χ1) is 11.1. The van der Waals surface area contributed by atoms with Crippen molar-refractivity contribution in [1.82, 2.24) is 4.57 Å². The van der Waals surface area contributed by atoms with Gasteiger partial charge in [-0.3, -0.25) is 0 Å². The Labute approximate surface area is 147 Å². The van der Waals surface area contributed by atoms with Gasteiger partial charge < -0.3 is 17.0 Å². The molecule has 1 aliphatic heterocycles. The molecule has 0 radical (unpaired) electrons. The largest absolute Gasteiger partial charge is 1.00 e. The number of pyridine rings is 1. The van der Waals surface area contributed by atoms with Crippen LogP contribution in [0.2, 0.25) is 0 Å². The number of hydrogen-bond donors (Lipinski definition) is 0. The Kier molecular flexibility index (Phi) is 4.06. The molecule has 0 bridgehead atoms. The van der Waals surface area contributed by atoms with Crippen molar-refractivity contribution >= 4 is 28.0 Å². The van der Waals surface area contributed by atoms with Crippen molar-refractivity contribution < 1.29 is 16.6 Å². The first kappa shape index (κ1) is 16.5. The minimum absolute atomic E-state index is 0. The number of hydrogen-bond acceptors (Lipinski definition) is 1. The predicted octanol–water partition coefficient (Wildman–Crippen LogP) is 0.135. The lowest BCUT2D eigenvalue weighted by atomic mass is 10.1. The van der Waals surface area contributed by atoms with E-state index in [-0.39, 0.29) is 12.4 Å². The zero-order valence-electron chi connectivity index (χ0n) is 14.3. The van der Waals surface area contributed by atoms with Crippen LogP contribution in [-0.4, -0.2) is 10.3 Å². The molecule has 4 heteroatoms. The molecule has 3 nitrogen and oxygen atoms in total. The lowest BCUT2D eigenvalue weighted by Crippen LogP contribution is -3.00. The molecule has 2 aromatic heterocycles. The van der Waals surface area contributed by atoms with Crippen LogP contribution in [0.15, 0.2) is 53.7 Å². The summed E-state index contributed by atoms with van der Waals surface area (Å²) in [4.78, 5) is 5.06. The van der Waals surface area contributed by atoms with Gasteiger partial charge in [0, 0.05) is 42.6 Å². The fraction of sp³-hybridized carbons (Fsp3) is 0.200. The molecule has 1 aliphatic rings. The molecule has 0 aliphatic carbocycles. The Morgan fingerprint density at radius 2 is 1.67 bits per heavy atom. The summed E-state index contributed by atoms with van der Waals surface area (Å²) < 4.78 is 4.40. The maximum Gasteiger partial charge on any atom is 0.216 e.